The van der Waals surface area contributed by atoms with Gasteiger partial charge in [-0.2, -0.15) is 0 Å². The molecule has 0 saturated carbocycles. The molecule has 5 heteroatoms. The van der Waals surface area contributed by atoms with Gasteiger partial charge in [0, 0.05) is 24.6 Å². The van der Waals surface area contributed by atoms with Gasteiger partial charge in [0.25, 0.3) is 5.91 Å². The number of nitrogens with one attached hydrogen (secondary N) is 1. The highest BCUT2D eigenvalue weighted by molar-refractivity contribution is 5.94. The molecule has 1 atom stereocenters. The van der Waals surface area contributed by atoms with E-state index < -0.39 is 5.97 Å². The molecule has 130 valence electrons. The zero-order valence-electron chi connectivity index (χ0n) is 13.9. The molecule has 1 fully saturated rings. The van der Waals surface area contributed by atoms with Crippen molar-refractivity contribution in [1.29, 1.82) is 0 Å². The lowest BCUT2D eigenvalue weighted by atomic mass is 9.96. The van der Waals surface area contributed by atoms with Crippen LogP contribution in [-0.4, -0.2) is 36.7 Å². The lowest BCUT2D eigenvalue weighted by Gasteiger charge is -2.10. The van der Waals surface area contributed by atoms with Crippen LogP contribution in [-0.2, 0) is 11.2 Å². The van der Waals surface area contributed by atoms with E-state index in [1.54, 1.807) is 24.3 Å². The monoisotopic (exact) mass is 339 g/mol. The van der Waals surface area contributed by atoms with Crippen LogP contribution in [0.15, 0.2) is 48.5 Å². The minimum Gasteiger partial charge on any atom is -0.478 e. The molecule has 1 aliphatic rings. The van der Waals surface area contributed by atoms with E-state index in [9.17, 15) is 9.59 Å². The summed E-state index contributed by atoms with van der Waals surface area (Å²) in [5, 5.41) is 11.9. The maximum absolute atomic E-state index is 12.3. The largest absolute Gasteiger partial charge is 0.478 e. The summed E-state index contributed by atoms with van der Waals surface area (Å²) in [4.78, 5) is 23.3. The summed E-state index contributed by atoms with van der Waals surface area (Å²) in [6.07, 6.45) is 1.58. The Morgan fingerprint density at radius 2 is 1.92 bits per heavy atom. The Hall–Kier alpha value is -2.66. The normalized spacial score (nSPS) is 16.6. The smallest absolute Gasteiger partial charge is 0.335 e. The van der Waals surface area contributed by atoms with Crippen molar-refractivity contribution >= 4 is 11.9 Å². The SMILES string of the molecule is O=C(O)c1cccc(CCNC(=O)c2cccc(C3CCOC3)c2)c1. The molecule has 0 bridgehead atoms. The lowest BCUT2D eigenvalue weighted by Crippen LogP contribution is -2.25. The van der Waals surface area contributed by atoms with Crippen LogP contribution in [0.3, 0.4) is 0 Å². The van der Waals surface area contributed by atoms with Gasteiger partial charge in [-0.05, 0) is 48.2 Å². The molecule has 5 nitrogen and oxygen atoms in total. The van der Waals surface area contributed by atoms with E-state index >= 15 is 0 Å². The number of rotatable bonds is 6. The van der Waals surface area contributed by atoms with Crippen LogP contribution in [0.4, 0.5) is 0 Å². The van der Waals surface area contributed by atoms with E-state index in [2.05, 4.69) is 5.32 Å². The standard InChI is InChI=1S/C20H21NO4/c22-19(16-5-2-4-15(12-16)18-8-10-25-13-18)21-9-7-14-3-1-6-17(11-14)20(23)24/h1-6,11-12,18H,7-10,13H2,(H,21,22)(H,23,24). The van der Waals surface area contributed by atoms with Crippen LogP contribution in [0.5, 0.6) is 0 Å². The minimum absolute atomic E-state index is 0.116. The van der Waals surface area contributed by atoms with Crippen LogP contribution in [0.2, 0.25) is 0 Å². The van der Waals surface area contributed by atoms with Crippen molar-refractivity contribution in [2.75, 3.05) is 19.8 Å². The van der Waals surface area contributed by atoms with Crippen molar-refractivity contribution in [3.8, 4) is 0 Å². The fourth-order valence-corrected chi connectivity index (χ4v) is 3.01. The second-order valence-electron chi connectivity index (χ2n) is 6.20. The number of ether oxygens (including phenoxy) is 1. The number of hydrogen-bond donors (Lipinski definition) is 2. The highest BCUT2D eigenvalue weighted by Gasteiger charge is 2.18. The summed E-state index contributed by atoms with van der Waals surface area (Å²) in [7, 11) is 0. The van der Waals surface area contributed by atoms with Gasteiger partial charge in [0.2, 0.25) is 0 Å². The maximum atomic E-state index is 12.3. The summed E-state index contributed by atoms with van der Waals surface area (Å²) in [6.45, 7) is 1.94. The summed E-state index contributed by atoms with van der Waals surface area (Å²) >= 11 is 0. The molecule has 0 aliphatic carbocycles. The first-order chi connectivity index (χ1) is 12.1. The third-order valence-electron chi connectivity index (χ3n) is 4.42. The molecule has 1 amide bonds. The summed E-state index contributed by atoms with van der Waals surface area (Å²) in [6, 6.07) is 14.4. The van der Waals surface area contributed by atoms with Crippen molar-refractivity contribution < 1.29 is 19.4 Å². The molecular formula is C20H21NO4. The zero-order chi connectivity index (χ0) is 17.6. The fraction of sp³-hybridized carbons (Fsp3) is 0.300. The van der Waals surface area contributed by atoms with Gasteiger partial charge in [-0.1, -0.05) is 24.3 Å². The number of amides is 1. The number of carboxylic acids is 1. The Bertz CT molecular complexity index is 766. The van der Waals surface area contributed by atoms with Crippen molar-refractivity contribution in [3.05, 3.63) is 70.8 Å². The van der Waals surface area contributed by atoms with Crippen LogP contribution in [0.25, 0.3) is 0 Å². The second-order valence-corrected chi connectivity index (χ2v) is 6.20. The first-order valence-electron chi connectivity index (χ1n) is 8.41. The van der Waals surface area contributed by atoms with Crippen molar-refractivity contribution in [2.45, 2.75) is 18.8 Å². The van der Waals surface area contributed by atoms with Gasteiger partial charge in [0.15, 0.2) is 0 Å². The molecule has 25 heavy (non-hydrogen) atoms. The van der Waals surface area contributed by atoms with E-state index in [1.807, 2.05) is 24.3 Å². The number of carboxylic acid groups (broad SMARTS) is 1. The van der Waals surface area contributed by atoms with Crippen LogP contribution < -0.4 is 5.32 Å². The Morgan fingerprint density at radius 3 is 2.68 bits per heavy atom. The van der Waals surface area contributed by atoms with E-state index in [-0.39, 0.29) is 11.5 Å². The number of hydrogen-bond acceptors (Lipinski definition) is 3. The summed E-state index contributed by atoms with van der Waals surface area (Å²) in [5.41, 5.74) is 2.93. The van der Waals surface area contributed by atoms with Crippen molar-refractivity contribution in [1.82, 2.24) is 5.32 Å². The number of benzene rings is 2. The third-order valence-corrected chi connectivity index (χ3v) is 4.42. The molecule has 2 aromatic carbocycles. The second kappa shape index (κ2) is 7.94. The quantitative estimate of drug-likeness (QED) is 0.848. The van der Waals surface area contributed by atoms with Gasteiger partial charge in [-0.25, -0.2) is 4.79 Å². The van der Waals surface area contributed by atoms with Crippen molar-refractivity contribution in [2.24, 2.45) is 0 Å². The first kappa shape index (κ1) is 17.2. The third kappa shape index (κ3) is 4.45. The number of aromatic carboxylic acids is 1. The van der Waals surface area contributed by atoms with Gasteiger partial charge in [0.05, 0.1) is 12.2 Å². The maximum Gasteiger partial charge on any atom is 0.335 e. The van der Waals surface area contributed by atoms with Gasteiger partial charge >= 0.3 is 5.97 Å². The minimum atomic E-state index is -0.946. The molecule has 0 radical (unpaired) electrons. The molecule has 1 aliphatic heterocycles. The Kier molecular flexibility index (Phi) is 5.46. The van der Waals surface area contributed by atoms with Gasteiger partial charge < -0.3 is 15.2 Å². The molecule has 3 rings (SSSR count). The zero-order valence-corrected chi connectivity index (χ0v) is 13.9. The van der Waals surface area contributed by atoms with Crippen LogP contribution in [0, 0.1) is 0 Å². The van der Waals surface area contributed by atoms with E-state index in [0.29, 0.717) is 31.1 Å². The highest BCUT2D eigenvalue weighted by Crippen LogP contribution is 2.25. The van der Waals surface area contributed by atoms with E-state index in [4.69, 9.17) is 9.84 Å². The van der Waals surface area contributed by atoms with E-state index in [1.165, 1.54) is 0 Å². The molecule has 2 N–H and O–H groups in total. The molecule has 0 aromatic heterocycles. The fourth-order valence-electron chi connectivity index (χ4n) is 3.01. The predicted molar refractivity (Wildman–Crippen MR) is 94.1 cm³/mol. The molecule has 2 aromatic rings. The topological polar surface area (TPSA) is 75.6 Å². The molecular weight excluding hydrogens is 318 g/mol. The predicted octanol–water partition coefficient (Wildman–Crippen LogP) is 2.86. The number of carbonyl (C=O) groups excluding carboxylic acids is 1. The summed E-state index contributed by atoms with van der Waals surface area (Å²) < 4.78 is 5.41. The Labute approximate surface area is 146 Å². The molecule has 0 spiro atoms. The van der Waals surface area contributed by atoms with Crippen molar-refractivity contribution in [3.63, 3.8) is 0 Å². The Balaban J connectivity index is 1.56. The highest BCUT2D eigenvalue weighted by atomic mass is 16.5. The first-order valence-corrected chi connectivity index (χ1v) is 8.41. The van der Waals surface area contributed by atoms with Gasteiger partial charge in [-0.3, -0.25) is 4.79 Å². The van der Waals surface area contributed by atoms with E-state index in [0.717, 1.165) is 24.2 Å². The molecule has 1 saturated heterocycles. The van der Waals surface area contributed by atoms with Gasteiger partial charge in [-0.15, -0.1) is 0 Å². The van der Waals surface area contributed by atoms with Crippen LogP contribution in [0.1, 0.15) is 44.2 Å². The van der Waals surface area contributed by atoms with Gasteiger partial charge in [0.1, 0.15) is 0 Å². The molecule has 1 heterocycles. The average molecular weight is 339 g/mol. The number of carbonyl (C=O) groups is 2. The van der Waals surface area contributed by atoms with Crippen LogP contribution >= 0.6 is 0 Å². The molecule has 1 unspecified atom stereocenters. The Morgan fingerprint density at radius 1 is 1.12 bits per heavy atom. The lowest BCUT2D eigenvalue weighted by molar-refractivity contribution is 0.0696. The summed E-state index contributed by atoms with van der Waals surface area (Å²) in [5.74, 6) is -0.694. The average Bonchev–Trinajstić information content (AvgIpc) is 3.17.